The summed E-state index contributed by atoms with van der Waals surface area (Å²) in [5.74, 6) is 0.791. The lowest BCUT2D eigenvalue weighted by Crippen LogP contribution is -2.07. The van der Waals surface area contributed by atoms with Gasteiger partial charge in [0.2, 0.25) is 0 Å². The van der Waals surface area contributed by atoms with Crippen LogP contribution in [0, 0.1) is 17.8 Å². The second kappa shape index (κ2) is 8.18. The van der Waals surface area contributed by atoms with Crippen molar-refractivity contribution in [3.8, 4) is 0 Å². The van der Waals surface area contributed by atoms with E-state index in [0.29, 0.717) is 17.8 Å². The van der Waals surface area contributed by atoms with Crippen molar-refractivity contribution in [2.45, 2.75) is 34.1 Å². The molecule has 0 bridgehead atoms. The molecule has 3 unspecified atom stereocenters. The fourth-order valence-corrected chi connectivity index (χ4v) is 3.06. The topological polar surface area (TPSA) is 38.7 Å². The van der Waals surface area contributed by atoms with Crippen LogP contribution in [0.4, 0.5) is 0 Å². The first-order valence-corrected chi connectivity index (χ1v) is 7.96. The van der Waals surface area contributed by atoms with Gasteiger partial charge >= 0.3 is 5.97 Å². The van der Waals surface area contributed by atoms with Crippen molar-refractivity contribution < 1.29 is 9.63 Å². The van der Waals surface area contributed by atoms with Crippen molar-refractivity contribution in [1.82, 2.24) is 0 Å². The average Bonchev–Trinajstić information content (AvgIpc) is 3.12. The van der Waals surface area contributed by atoms with Crippen LogP contribution < -0.4 is 0 Å². The molecule has 21 heavy (non-hydrogen) atoms. The number of halogens is 1. The normalized spacial score (nSPS) is 27.1. The van der Waals surface area contributed by atoms with Gasteiger partial charge in [0.15, 0.2) is 0 Å². The zero-order valence-electron chi connectivity index (χ0n) is 13.2. The van der Waals surface area contributed by atoms with Crippen LogP contribution >= 0.6 is 11.6 Å². The van der Waals surface area contributed by atoms with Gasteiger partial charge in [-0.05, 0) is 43.3 Å². The summed E-state index contributed by atoms with van der Waals surface area (Å²) in [6, 6.07) is 0. The third kappa shape index (κ3) is 3.85. The van der Waals surface area contributed by atoms with Crippen LogP contribution in [-0.2, 0) is 9.63 Å². The maximum absolute atomic E-state index is 11.0. The third-order valence-electron chi connectivity index (χ3n) is 3.83. The van der Waals surface area contributed by atoms with Crippen molar-refractivity contribution in [2.75, 3.05) is 5.88 Å². The number of hydrogen-bond donors (Lipinski definition) is 0. The molecule has 0 aromatic heterocycles. The maximum Gasteiger partial charge on any atom is 0.349 e. The summed E-state index contributed by atoms with van der Waals surface area (Å²) in [7, 11) is 0. The van der Waals surface area contributed by atoms with E-state index in [2.05, 4.69) is 23.9 Å². The number of fused-ring (bicyclic) bond motifs is 1. The Bertz CT molecular complexity index is 491. The van der Waals surface area contributed by atoms with Gasteiger partial charge in [-0.2, -0.15) is 0 Å². The molecule has 0 aliphatic heterocycles. The zero-order chi connectivity index (χ0) is 16.0. The lowest BCUT2D eigenvalue weighted by atomic mass is 10.0. The van der Waals surface area contributed by atoms with Crippen LogP contribution in [0.15, 0.2) is 41.1 Å². The fraction of sp³-hybridized carbons (Fsp3) is 0.529. The quantitative estimate of drug-likeness (QED) is 0.325. The molecule has 0 N–H and O–H groups in total. The number of allylic oxidation sites excluding steroid dienone is 5. The van der Waals surface area contributed by atoms with Crippen LogP contribution in [0.2, 0.25) is 0 Å². The second-order valence-corrected chi connectivity index (χ2v) is 5.20. The Morgan fingerprint density at radius 3 is 2.71 bits per heavy atom. The molecule has 1 fully saturated rings. The number of rotatable bonds is 5. The number of alkyl halides is 1. The van der Waals surface area contributed by atoms with Gasteiger partial charge in [0.25, 0.3) is 0 Å². The minimum atomic E-state index is -0.511. The van der Waals surface area contributed by atoms with Crippen molar-refractivity contribution in [3.63, 3.8) is 0 Å². The minimum Gasteiger partial charge on any atom is -0.317 e. The highest BCUT2D eigenvalue weighted by atomic mass is 35.5. The monoisotopic (exact) mass is 309 g/mol. The van der Waals surface area contributed by atoms with E-state index in [4.69, 9.17) is 16.4 Å². The summed E-state index contributed by atoms with van der Waals surface area (Å²) in [4.78, 5) is 15.7. The van der Waals surface area contributed by atoms with E-state index < -0.39 is 5.97 Å². The fourth-order valence-electron chi connectivity index (χ4n) is 3.01. The van der Waals surface area contributed by atoms with Gasteiger partial charge in [-0.25, -0.2) is 4.79 Å². The molecule has 2 rings (SSSR count). The molecule has 3 atom stereocenters. The number of nitrogens with zero attached hydrogens (tertiary/aromatic N) is 1. The summed E-state index contributed by atoms with van der Waals surface area (Å²) in [6.07, 6.45) is 7.18. The lowest BCUT2D eigenvalue weighted by molar-refractivity contribution is -0.140. The second-order valence-electron chi connectivity index (χ2n) is 4.93. The SMILES string of the molecule is C=CC1=C(/C=C\C)C2C(C1)C2/C(C)=N\OC(=O)CCl.CC. The molecule has 0 radical (unpaired) electrons. The Balaban J connectivity index is 0.00000106. The molecule has 0 saturated heterocycles. The highest BCUT2D eigenvalue weighted by molar-refractivity contribution is 6.26. The first-order chi connectivity index (χ1) is 10.1. The van der Waals surface area contributed by atoms with Crippen LogP contribution in [0.3, 0.4) is 0 Å². The van der Waals surface area contributed by atoms with Gasteiger partial charge in [0, 0.05) is 5.92 Å². The molecular weight excluding hydrogens is 286 g/mol. The van der Waals surface area contributed by atoms with E-state index in [1.54, 1.807) is 0 Å². The molecular formula is C17H24ClNO2. The molecule has 0 aromatic carbocycles. The van der Waals surface area contributed by atoms with Crippen LogP contribution in [0.25, 0.3) is 0 Å². The molecule has 0 spiro atoms. The molecule has 116 valence electrons. The first-order valence-electron chi connectivity index (χ1n) is 7.42. The van der Waals surface area contributed by atoms with Gasteiger partial charge < -0.3 is 4.84 Å². The Morgan fingerprint density at radius 1 is 1.52 bits per heavy atom. The number of hydrogen-bond acceptors (Lipinski definition) is 3. The Kier molecular flexibility index (Phi) is 6.90. The van der Waals surface area contributed by atoms with Gasteiger partial charge in [-0.1, -0.05) is 43.8 Å². The van der Waals surface area contributed by atoms with E-state index >= 15 is 0 Å². The largest absolute Gasteiger partial charge is 0.349 e. The molecule has 4 heteroatoms. The van der Waals surface area contributed by atoms with Gasteiger partial charge in [0.05, 0.1) is 5.71 Å². The maximum atomic E-state index is 11.0. The molecule has 0 heterocycles. The number of carbonyl (C=O) groups is 1. The van der Waals surface area contributed by atoms with Crippen molar-refractivity contribution >= 4 is 23.3 Å². The first kappa shape index (κ1) is 17.7. The van der Waals surface area contributed by atoms with Crippen LogP contribution in [0.1, 0.15) is 34.1 Å². The Labute approximate surface area is 132 Å². The van der Waals surface area contributed by atoms with Crippen LogP contribution in [0.5, 0.6) is 0 Å². The van der Waals surface area contributed by atoms with E-state index in [9.17, 15) is 4.79 Å². The molecule has 1 saturated carbocycles. The summed E-state index contributed by atoms with van der Waals surface area (Å²) in [6.45, 7) is 11.8. The van der Waals surface area contributed by atoms with Crippen molar-refractivity contribution in [2.24, 2.45) is 22.9 Å². The van der Waals surface area contributed by atoms with E-state index in [-0.39, 0.29) is 5.88 Å². The van der Waals surface area contributed by atoms with E-state index in [1.165, 1.54) is 11.1 Å². The molecule has 0 aromatic rings. The highest BCUT2D eigenvalue weighted by Gasteiger charge is 2.57. The Morgan fingerprint density at radius 2 is 2.19 bits per heavy atom. The summed E-state index contributed by atoms with van der Waals surface area (Å²) in [5.41, 5.74) is 3.55. The van der Waals surface area contributed by atoms with Gasteiger partial charge in [-0.15, -0.1) is 11.6 Å². The average molecular weight is 310 g/mol. The minimum absolute atomic E-state index is 0.168. The predicted octanol–water partition coefficient (Wildman–Crippen LogP) is 4.50. The van der Waals surface area contributed by atoms with Crippen LogP contribution in [-0.4, -0.2) is 17.6 Å². The van der Waals surface area contributed by atoms with Gasteiger partial charge in [0.1, 0.15) is 5.88 Å². The van der Waals surface area contributed by atoms with Gasteiger partial charge in [-0.3, -0.25) is 0 Å². The lowest BCUT2D eigenvalue weighted by Gasteiger charge is -2.06. The predicted molar refractivity (Wildman–Crippen MR) is 88.4 cm³/mol. The number of oxime groups is 1. The van der Waals surface area contributed by atoms with Crippen molar-refractivity contribution in [1.29, 1.82) is 0 Å². The zero-order valence-corrected chi connectivity index (χ0v) is 14.0. The standard InChI is InChI=1S/C15H18ClNO2.C2H6/c1-4-6-11-10(5-2)7-12-14(15(11)12)9(3)17-19-13(18)8-16;1-2/h4-6,12,14-15H,2,7-8H2,1,3H3;1-2H3/b6-4-,17-9-;. The third-order valence-corrected chi connectivity index (χ3v) is 4.05. The molecule has 0 amide bonds. The summed E-state index contributed by atoms with van der Waals surface area (Å²) < 4.78 is 0. The Hall–Kier alpha value is -1.35. The van der Waals surface area contributed by atoms with Crippen molar-refractivity contribution in [3.05, 3.63) is 36.0 Å². The van der Waals surface area contributed by atoms with E-state index in [0.717, 1.165) is 12.1 Å². The van der Waals surface area contributed by atoms with E-state index in [1.807, 2.05) is 33.8 Å². The smallest absolute Gasteiger partial charge is 0.317 e. The number of carbonyl (C=O) groups excluding carboxylic acids is 1. The summed E-state index contributed by atoms with van der Waals surface area (Å²) in [5, 5.41) is 3.90. The molecule has 2 aliphatic carbocycles. The highest BCUT2D eigenvalue weighted by Crippen LogP contribution is 2.61. The molecule has 3 nitrogen and oxygen atoms in total. The summed E-state index contributed by atoms with van der Waals surface area (Å²) >= 11 is 5.36. The molecule has 2 aliphatic rings.